The molecule has 1 aliphatic heterocycles. The first-order chi connectivity index (χ1) is 8.56. The molecule has 3 nitrogen and oxygen atoms in total. The Kier molecular flexibility index (Phi) is 4.02. The molecule has 2 rings (SSSR count). The van der Waals surface area contributed by atoms with Crippen LogP contribution in [-0.4, -0.2) is 25.0 Å². The van der Waals surface area contributed by atoms with Crippen molar-refractivity contribution in [1.29, 1.82) is 0 Å². The van der Waals surface area contributed by atoms with Gasteiger partial charge in [0, 0.05) is 18.2 Å². The Labute approximate surface area is 109 Å². The molecule has 1 saturated heterocycles. The van der Waals surface area contributed by atoms with E-state index in [1.165, 1.54) is 5.56 Å². The summed E-state index contributed by atoms with van der Waals surface area (Å²) < 4.78 is 0. The van der Waals surface area contributed by atoms with E-state index in [-0.39, 0.29) is 11.9 Å². The Morgan fingerprint density at radius 2 is 2.11 bits per heavy atom. The fourth-order valence-electron chi connectivity index (χ4n) is 2.60. The van der Waals surface area contributed by atoms with E-state index in [4.69, 9.17) is 0 Å². The third-order valence-electron chi connectivity index (χ3n) is 3.53. The highest BCUT2D eigenvalue weighted by Crippen LogP contribution is 2.13. The van der Waals surface area contributed by atoms with Gasteiger partial charge < -0.3 is 10.6 Å². The fourth-order valence-corrected chi connectivity index (χ4v) is 2.60. The minimum absolute atomic E-state index is 0.0494. The van der Waals surface area contributed by atoms with Crippen molar-refractivity contribution in [3.05, 3.63) is 34.9 Å². The first kappa shape index (κ1) is 13.1. The van der Waals surface area contributed by atoms with Crippen LogP contribution >= 0.6 is 0 Å². The van der Waals surface area contributed by atoms with Crippen LogP contribution < -0.4 is 10.6 Å². The number of nitrogens with one attached hydrogen (secondary N) is 2. The Morgan fingerprint density at radius 1 is 1.33 bits per heavy atom. The Morgan fingerprint density at radius 3 is 2.78 bits per heavy atom. The predicted molar refractivity (Wildman–Crippen MR) is 73.8 cm³/mol. The lowest BCUT2D eigenvalue weighted by Crippen LogP contribution is -2.48. The summed E-state index contributed by atoms with van der Waals surface area (Å²) in [6.45, 7) is 8.17. The van der Waals surface area contributed by atoms with Crippen molar-refractivity contribution in [2.75, 3.05) is 13.1 Å². The molecule has 3 heteroatoms. The summed E-state index contributed by atoms with van der Waals surface area (Å²) in [5.74, 6) is 0.677. The molecular formula is C15H22N2O. The van der Waals surface area contributed by atoms with Crippen LogP contribution in [0, 0.1) is 19.8 Å². The SMILES string of the molecule is Cc1ccc(C(=O)NC2CNCC(C)C2)c(C)c1. The highest BCUT2D eigenvalue weighted by atomic mass is 16.1. The zero-order valence-corrected chi connectivity index (χ0v) is 11.4. The quantitative estimate of drug-likeness (QED) is 0.838. The molecule has 1 fully saturated rings. The molecule has 0 spiro atoms. The van der Waals surface area contributed by atoms with Crippen molar-refractivity contribution in [1.82, 2.24) is 10.6 Å². The molecule has 1 aromatic rings. The average molecular weight is 246 g/mol. The summed E-state index contributed by atoms with van der Waals surface area (Å²) in [5, 5.41) is 6.47. The minimum Gasteiger partial charge on any atom is -0.348 e. The van der Waals surface area contributed by atoms with Crippen LogP contribution in [0.2, 0.25) is 0 Å². The lowest BCUT2D eigenvalue weighted by Gasteiger charge is -2.28. The van der Waals surface area contributed by atoms with Crippen LogP contribution in [-0.2, 0) is 0 Å². The molecule has 2 atom stereocenters. The first-order valence-corrected chi connectivity index (χ1v) is 6.65. The zero-order valence-electron chi connectivity index (χ0n) is 11.4. The maximum atomic E-state index is 12.2. The second-order valence-corrected chi connectivity index (χ2v) is 5.49. The van der Waals surface area contributed by atoms with Gasteiger partial charge in [0.05, 0.1) is 0 Å². The smallest absolute Gasteiger partial charge is 0.251 e. The van der Waals surface area contributed by atoms with Gasteiger partial charge in [-0.15, -0.1) is 0 Å². The number of rotatable bonds is 2. The van der Waals surface area contributed by atoms with Crippen molar-refractivity contribution in [3.63, 3.8) is 0 Å². The van der Waals surface area contributed by atoms with Gasteiger partial charge in [-0.05, 0) is 44.4 Å². The van der Waals surface area contributed by atoms with Gasteiger partial charge in [0.1, 0.15) is 0 Å². The number of hydrogen-bond acceptors (Lipinski definition) is 2. The number of piperidine rings is 1. The standard InChI is InChI=1S/C15H22N2O/c1-10-4-5-14(12(3)6-10)15(18)17-13-7-11(2)8-16-9-13/h4-6,11,13,16H,7-9H2,1-3H3,(H,17,18). The largest absolute Gasteiger partial charge is 0.348 e. The van der Waals surface area contributed by atoms with Crippen molar-refractivity contribution < 1.29 is 4.79 Å². The average Bonchev–Trinajstić information content (AvgIpc) is 2.28. The molecule has 0 saturated carbocycles. The van der Waals surface area contributed by atoms with Crippen LogP contribution in [0.1, 0.15) is 34.8 Å². The van der Waals surface area contributed by atoms with Gasteiger partial charge in [0.25, 0.3) is 5.91 Å². The van der Waals surface area contributed by atoms with Gasteiger partial charge in [-0.3, -0.25) is 4.79 Å². The maximum Gasteiger partial charge on any atom is 0.251 e. The topological polar surface area (TPSA) is 41.1 Å². The number of carbonyl (C=O) groups excluding carboxylic acids is 1. The molecule has 1 heterocycles. The number of aryl methyl sites for hydroxylation is 2. The molecule has 1 amide bonds. The number of amides is 1. The van der Waals surface area contributed by atoms with Gasteiger partial charge in [0.15, 0.2) is 0 Å². The Bertz CT molecular complexity index is 442. The molecule has 0 radical (unpaired) electrons. The number of benzene rings is 1. The van der Waals surface area contributed by atoms with E-state index in [2.05, 4.69) is 23.6 Å². The van der Waals surface area contributed by atoms with Crippen molar-refractivity contribution in [3.8, 4) is 0 Å². The molecule has 0 bridgehead atoms. The maximum absolute atomic E-state index is 12.2. The summed E-state index contributed by atoms with van der Waals surface area (Å²) in [6, 6.07) is 6.21. The molecule has 18 heavy (non-hydrogen) atoms. The summed E-state index contributed by atoms with van der Waals surface area (Å²) >= 11 is 0. The second-order valence-electron chi connectivity index (χ2n) is 5.49. The van der Waals surface area contributed by atoms with Crippen LogP contribution in [0.15, 0.2) is 18.2 Å². The van der Waals surface area contributed by atoms with Gasteiger partial charge in [0.2, 0.25) is 0 Å². The van der Waals surface area contributed by atoms with Gasteiger partial charge >= 0.3 is 0 Å². The monoisotopic (exact) mass is 246 g/mol. The minimum atomic E-state index is 0.0494. The van der Waals surface area contributed by atoms with Crippen LogP contribution in [0.25, 0.3) is 0 Å². The number of hydrogen-bond donors (Lipinski definition) is 2. The van der Waals surface area contributed by atoms with E-state index in [1.54, 1.807) is 0 Å². The predicted octanol–water partition coefficient (Wildman–Crippen LogP) is 2.03. The summed E-state index contributed by atoms with van der Waals surface area (Å²) in [4.78, 5) is 12.2. The van der Waals surface area contributed by atoms with E-state index in [1.807, 2.05) is 26.0 Å². The molecule has 1 aliphatic rings. The third kappa shape index (κ3) is 3.10. The van der Waals surface area contributed by atoms with Crippen LogP contribution in [0.5, 0.6) is 0 Å². The fraction of sp³-hybridized carbons (Fsp3) is 0.533. The van der Waals surface area contributed by atoms with E-state index >= 15 is 0 Å². The molecule has 98 valence electrons. The van der Waals surface area contributed by atoms with E-state index in [9.17, 15) is 4.79 Å². The molecule has 2 unspecified atom stereocenters. The lowest BCUT2D eigenvalue weighted by atomic mass is 9.97. The molecule has 1 aromatic carbocycles. The van der Waals surface area contributed by atoms with Crippen molar-refractivity contribution >= 4 is 5.91 Å². The van der Waals surface area contributed by atoms with Crippen LogP contribution in [0.3, 0.4) is 0 Å². The number of carbonyl (C=O) groups is 1. The van der Waals surface area contributed by atoms with E-state index in [0.717, 1.165) is 30.6 Å². The first-order valence-electron chi connectivity index (χ1n) is 6.65. The highest BCUT2D eigenvalue weighted by molar-refractivity contribution is 5.95. The molecular weight excluding hydrogens is 224 g/mol. The normalized spacial score (nSPS) is 23.7. The summed E-state index contributed by atoms with van der Waals surface area (Å²) in [6.07, 6.45) is 1.06. The van der Waals surface area contributed by atoms with Crippen LogP contribution in [0.4, 0.5) is 0 Å². The molecule has 2 N–H and O–H groups in total. The van der Waals surface area contributed by atoms with Crippen molar-refractivity contribution in [2.45, 2.75) is 33.2 Å². The van der Waals surface area contributed by atoms with E-state index in [0.29, 0.717) is 5.92 Å². The Hall–Kier alpha value is -1.35. The Balaban J connectivity index is 2.03. The lowest BCUT2D eigenvalue weighted by molar-refractivity contribution is 0.0925. The third-order valence-corrected chi connectivity index (χ3v) is 3.53. The zero-order chi connectivity index (χ0) is 13.1. The van der Waals surface area contributed by atoms with Gasteiger partial charge in [-0.2, -0.15) is 0 Å². The van der Waals surface area contributed by atoms with Crippen molar-refractivity contribution in [2.24, 2.45) is 5.92 Å². The summed E-state index contributed by atoms with van der Waals surface area (Å²) in [7, 11) is 0. The highest BCUT2D eigenvalue weighted by Gasteiger charge is 2.21. The second kappa shape index (κ2) is 5.53. The molecule has 0 aliphatic carbocycles. The van der Waals surface area contributed by atoms with Gasteiger partial charge in [-0.1, -0.05) is 24.6 Å². The van der Waals surface area contributed by atoms with Gasteiger partial charge in [-0.25, -0.2) is 0 Å². The summed E-state index contributed by atoms with van der Waals surface area (Å²) in [5.41, 5.74) is 3.03. The molecule has 0 aromatic heterocycles. The van der Waals surface area contributed by atoms with E-state index < -0.39 is 0 Å².